The molecule has 0 aliphatic carbocycles. The number of hydrogen-bond donors (Lipinski definition) is 1. The van der Waals surface area contributed by atoms with E-state index in [0.29, 0.717) is 11.3 Å². The van der Waals surface area contributed by atoms with Crippen molar-refractivity contribution in [2.24, 2.45) is 0 Å². The van der Waals surface area contributed by atoms with Crippen molar-refractivity contribution < 1.29 is 13.2 Å². The molecule has 0 atom stereocenters. The van der Waals surface area contributed by atoms with Crippen LogP contribution in [0.3, 0.4) is 0 Å². The average molecular weight is 439 g/mol. The van der Waals surface area contributed by atoms with Gasteiger partial charge < -0.3 is 9.88 Å². The zero-order valence-corrected chi connectivity index (χ0v) is 18.5. The topological polar surface area (TPSA) is 93.9 Å². The lowest BCUT2D eigenvalue weighted by Gasteiger charge is -2.10. The molecule has 1 N–H and O–H groups in total. The van der Waals surface area contributed by atoms with Gasteiger partial charge in [-0.15, -0.1) is 10.2 Å². The van der Waals surface area contributed by atoms with Gasteiger partial charge in [0.25, 0.3) is 5.91 Å². The summed E-state index contributed by atoms with van der Waals surface area (Å²) in [6, 6.07) is 13.6. The van der Waals surface area contributed by atoms with Crippen molar-refractivity contribution in [1.29, 1.82) is 0 Å². The summed E-state index contributed by atoms with van der Waals surface area (Å²) < 4.78 is 26.7. The third-order valence-electron chi connectivity index (χ3n) is 5.55. The predicted molar refractivity (Wildman–Crippen MR) is 120 cm³/mol. The Morgan fingerprint density at radius 2 is 1.81 bits per heavy atom. The Morgan fingerprint density at radius 1 is 1.03 bits per heavy atom. The minimum absolute atomic E-state index is 0.216. The minimum Gasteiger partial charge on any atom is -0.322 e. The van der Waals surface area contributed by atoms with E-state index in [1.54, 1.807) is 13.8 Å². The van der Waals surface area contributed by atoms with E-state index in [1.807, 2.05) is 24.3 Å². The first-order chi connectivity index (χ1) is 14.9. The van der Waals surface area contributed by atoms with Crippen LogP contribution in [0, 0.1) is 0 Å². The number of fused-ring (bicyclic) bond motifs is 1. The van der Waals surface area contributed by atoms with Gasteiger partial charge in [-0.2, -0.15) is 0 Å². The van der Waals surface area contributed by atoms with Crippen molar-refractivity contribution in [2.45, 2.75) is 56.2 Å². The fourth-order valence-corrected chi connectivity index (χ4v) is 4.77. The Morgan fingerprint density at radius 3 is 2.55 bits per heavy atom. The van der Waals surface area contributed by atoms with Gasteiger partial charge in [0.2, 0.25) is 0 Å². The van der Waals surface area contributed by atoms with Gasteiger partial charge in [0, 0.05) is 29.8 Å². The van der Waals surface area contributed by atoms with Crippen LogP contribution in [0.1, 0.15) is 49.3 Å². The molecule has 0 bridgehead atoms. The number of rotatable bonds is 5. The summed E-state index contributed by atoms with van der Waals surface area (Å²) in [5.41, 5.74) is 1.94. The predicted octanol–water partition coefficient (Wildman–Crippen LogP) is 4.11. The van der Waals surface area contributed by atoms with Crippen molar-refractivity contribution in [3.8, 4) is 11.4 Å². The molecule has 8 heteroatoms. The second kappa shape index (κ2) is 8.63. The molecule has 1 aliphatic heterocycles. The monoisotopic (exact) mass is 438 g/mol. The number of aromatic nitrogens is 3. The maximum absolute atomic E-state index is 12.7. The van der Waals surface area contributed by atoms with E-state index >= 15 is 0 Å². The lowest BCUT2D eigenvalue weighted by atomic mass is 10.1. The quantitative estimate of drug-likeness (QED) is 0.647. The summed E-state index contributed by atoms with van der Waals surface area (Å²) in [7, 11) is -3.37. The molecular weight excluding hydrogens is 412 g/mol. The molecule has 1 aromatic heterocycles. The smallest absolute Gasteiger partial charge is 0.255 e. The fourth-order valence-electron chi connectivity index (χ4n) is 3.71. The molecular formula is C23H26N4O3S. The second-order valence-corrected chi connectivity index (χ2v) is 10.6. The molecule has 2 heterocycles. The molecule has 4 rings (SSSR count). The minimum atomic E-state index is -3.37. The van der Waals surface area contributed by atoms with Crippen molar-refractivity contribution in [3.05, 3.63) is 59.9 Å². The highest BCUT2D eigenvalue weighted by Crippen LogP contribution is 2.25. The average Bonchev–Trinajstić information content (AvgIpc) is 3.02. The Hall–Kier alpha value is -3.00. The molecule has 0 unspecified atom stereocenters. The summed E-state index contributed by atoms with van der Waals surface area (Å²) in [6.07, 6.45) is 4.37. The van der Waals surface area contributed by atoms with Crippen molar-refractivity contribution in [3.63, 3.8) is 0 Å². The van der Waals surface area contributed by atoms with Crippen LogP contribution in [0.2, 0.25) is 0 Å². The third-order valence-corrected chi connectivity index (χ3v) is 7.72. The number of carbonyl (C=O) groups is 1. The molecule has 7 nitrogen and oxygen atoms in total. The van der Waals surface area contributed by atoms with E-state index in [2.05, 4.69) is 20.1 Å². The maximum atomic E-state index is 12.7. The van der Waals surface area contributed by atoms with Gasteiger partial charge in [-0.1, -0.05) is 18.6 Å². The highest BCUT2D eigenvalue weighted by atomic mass is 32.2. The number of benzene rings is 2. The van der Waals surface area contributed by atoms with Crippen LogP contribution in [-0.2, 0) is 22.8 Å². The van der Waals surface area contributed by atoms with Crippen LogP contribution in [0.5, 0.6) is 0 Å². The van der Waals surface area contributed by atoms with Gasteiger partial charge in [0.15, 0.2) is 15.7 Å². The van der Waals surface area contributed by atoms with Gasteiger partial charge in [-0.05, 0) is 63.1 Å². The summed E-state index contributed by atoms with van der Waals surface area (Å²) in [5.74, 6) is 1.53. The Labute approximate surface area is 182 Å². The maximum Gasteiger partial charge on any atom is 0.255 e. The van der Waals surface area contributed by atoms with E-state index in [1.165, 1.54) is 30.7 Å². The molecule has 0 spiro atoms. The number of nitrogens with zero attached hydrogens (tertiary/aromatic N) is 3. The van der Waals surface area contributed by atoms with Gasteiger partial charge >= 0.3 is 0 Å². The zero-order chi connectivity index (χ0) is 22.0. The Bertz CT molecular complexity index is 1200. The molecule has 0 fully saturated rings. The van der Waals surface area contributed by atoms with Crippen LogP contribution in [0.25, 0.3) is 11.4 Å². The molecule has 3 aromatic rings. The van der Waals surface area contributed by atoms with E-state index in [0.717, 1.165) is 43.0 Å². The van der Waals surface area contributed by atoms with E-state index in [-0.39, 0.29) is 10.8 Å². The lowest BCUT2D eigenvalue weighted by Crippen LogP contribution is -2.15. The highest BCUT2D eigenvalue weighted by molar-refractivity contribution is 7.92. The third kappa shape index (κ3) is 4.39. The molecule has 1 amide bonds. The van der Waals surface area contributed by atoms with Crippen LogP contribution in [-0.4, -0.2) is 34.3 Å². The number of carbonyl (C=O) groups excluding carboxylic acids is 1. The first kappa shape index (κ1) is 21.2. The number of sulfone groups is 1. The summed E-state index contributed by atoms with van der Waals surface area (Å²) in [5, 5.41) is 11.1. The van der Waals surface area contributed by atoms with Crippen LogP contribution in [0.15, 0.2) is 53.4 Å². The molecule has 162 valence electrons. The van der Waals surface area contributed by atoms with Gasteiger partial charge in [-0.3, -0.25) is 4.79 Å². The van der Waals surface area contributed by atoms with Gasteiger partial charge in [-0.25, -0.2) is 8.42 Å². The second-order valence-electron chi connectivity index (χ2n) is 8.06. The Balaban J connectivity index is 1.53. The van der Waals surface area contributed by atoms with E-state index < -0.39 is 15.1 Å². The van der Waals surface area contributed by atoms with E-state index in [9.17, 15) is 13.2 Å². The van der Waals surface area contributed by atoms with Crippen molar-refractivity contribution in [1.82, 2.24) is 14.8 Å². The highest BCUT2D eigenvalue weighted by Gasteiger charge is 2.20. The standard InChI is InChI=1S/C23H26N4O3S/c1-16(2)31(29,30)20-12-10-17(11-13-20)23(28)24-19-8-6-7-18(15-19)22-26-25-21-9-4-3-5-14-27(21)22/h6-8,10-13,15-16H,3-5,9,14H2,1-2H3,(H,24,28). The summed E-state index contributed by atoms with van der Waals surface area (Å²) >= 11 is 0. The number of hydrogen-bond acceptors (Lipinski definition) is 5. The molecule has 0 saturated heterocycles. The molecule has 0 saturated carbocycles. The number of amides is 1. The SMILES string of the molecule is CC(C)S(=O)(=O)c1ccc(C(=O)Nc2cccc(-c3nnc4n3CCCCC4)c2)cc1. The number of nitrogens with one attached hydrogen (secondary N) is 1. The summed E-state index contributed by atoms with van der Waals surface area (Å²) in [4.78, 5) is 12.9. The normalized spacial score (nSPS) is 14.2. The molecule has 31 heavy (non-hydrogen) atoms. The molecule has 1 aliphatic rings. The number of aryl methyl sites for hydroxylation is 1. The molecule has 0 radical (unpaired) electrons. The first-order valence-corrected chi connectivity index (χ1v) is 12.1. The van der Waals surface area contributed by atoms with Crippen molar-refractivity contribution >= 4 is 21.4 Å². The first-order valence-electron chi connectivity index (χ1n) is 10.5. The van der Waals surface area contributed by atoms with Crippen molar-refractivity contribution in [2.75, 3.05) is 5.32 Å². The van der Waals surface area contributed by atoms with E-state index in [4.69, 9.17) is 0 Å². The summed E-state index contributed by atoms with van der Waals surface area (Å²) in [6.45, 7) is 4.17. The Kier molecular flexibility index (Phi) is 5.91. The van der Waals surface area contributed by atoms with Gasteiger partial charge in [0.05, 0.1) is 10.1 Å². The number of anilines is 1. The van der Waals surface area contributed by atoms with Crippen LogP contribution < -0.4 is 5.32 Å². The largest absolute Gasteiger partial charge is 0.322 e. The van der Waals surface area contributed by atoms with Gasteiger partial charge in [0.1, 0.15) is 5.82 Å². The van der Waals surface area contributed by atoms with Crippen LogP contribution >= 0.6 is 0 Å². The zero-order valence-electron chi connectivity index (χ0n) is 17.7. The van der Waals surface area contributed by atoms with Crippen LogP contribution in [0.4, 0.5) is 5.69 Å². The molecule has 2 aromatic carbocycles. The lowest BCUT2D eigenvalue weighted by molar-refractivity contribution is 0.102. The fraction of sp³-hybridized carbons (Fsp3) is 0.348.